The summed E-state index contributed by atoms with van der Waals surface area (Å²) in [5, 5.41) is 2.80. The van der Waals surface area contributed by atoms with Crippen LogP contribution in [-0.4, -0.2) is 29.5 Å². The van der Waals surface area contributed by atoms with Crippen molar-refractivity contribution in [1.82, 2.24) is 15.3 Å². The summed E-state index contributed by atoms with van der Waals surface area (Å²) in [4.78, 5) is 20.5. The van der Waals surface area contributed by atoms with Crippen molar-refractivity contribution < 1.29 is 9.53 Å². The molecule has 0 bridgehead atoms. The number of nitrogens with one attached hydrogen (secondary N) is 1. The van der Waals surface area contributed by atoms with Gasteiger partial charge in [-0.15, -0.1) is 0 Å². The van der Waals surface area contributed by atoms with Crippen LogP contribution in [0.1, 0.15) is 30.3 Å². The summed E-state index contributed by atoms with van der Waals surface area (Å²) < 4.78 is 5.12. The Morgan fingerprint density at radius 1 is 1.32 bits per heavy atom. The number of nitrogens with zero attached hydrogens (tertiary/aromatic N) is 2. The van der Waals surface area contributed by atoms with Crippen molar-refractivity contribution in [1.29, 1.82) is 0 Å². The van der Waals surface area contributed by atoms with E-state index in [9.17, 15) is 4.79 Å². The van der Waals surface area contributed by atoms with Crippen LogP contribution in [0.15, 0.2) is 30.5 Å². The molecule has 2 rings (SSSR count). The number of ether oxygens (including phenoxy) is 1. The van der Waals surface area contributed by atoms with Gasteiger partial charge in [0.25, 0.3) is 5.91 Å². The Morgan fingerprint density at radius 3 is 2.68 bits per heavy atom. The number of rotatable bonds is 6. The molecule has 2 aromatic rings. The first kappa shape index (κ1) is 15.8. The fourth-order valence-corrected chi connectivity index (χ4v) is 1.93. The number of nitrogen functional groups attached to an aromatic ring is 1. The Labute approximate surface area is 129 Å². The van der Waals surface area contributed by atoms with E-state index in [-0.39, 0.29) is 17.4 Å². The van der Waals surface area contributed by atoms with Crippen molar-refractivity contribution in [3.8, 4) is 17.0 Å². The number of hydrogen-bond acceptors (Lipinski definition) is 5. The Morgan fingerprint density at radius 2 is 2.05 bits per heavy atom. The van der Waals surface area contributed by atoms with E-state index in [1.165, 1.54) is 0 Å². The summed E-state index contributed by atoms with van der Waals surface area (Å²) in [7, 11) is 1.61. The molecule has 1 aromatic heterocycles. The van der Waals surface area contributed by atoms with Gasteiger partial charge in [0.2, 0.25) is 0 Å². The summed E-state index contributed by atoms with van der Waals surface area (Å²) in [5.74, 6) is 0.588. The van der Waals surface area contributed by atoms with Gasteiger partial charge >= 0.3 is 0 Å². The smallest absolute Gasteiger partial charge is 0.273 e. The minimum atomic E-state index is -0.297. The van der Waals surface area contributed by atoms with E-state index in [0.717, 1.165) is 24.2 Å². The van der Waals surface area contributed by atoms with Crippen LogP contribution < -0.4 is 15.8 Å². The van der Waals surface area contributed by atoms with Crippen molar-refractivity contribution in [2.75, 3.05) is 19.4 Å². The molecule has 116 valence electrons. The number of carbonyl (C=O) groups excluding carboxylic acids is 1. The summed E-state index contributed by atoms with van der Waals surface area (Å²) in [6.45, 7) is 2.66. The molecule has 0 radical (unpaired) electrons. The maximum atomic E-state index is 12.1. The first-order chi connectivity index (χ1) is 10.7. The van der Waals surface area contributed by atoms with Crippen molar-refractivity contribution in [2.45, 2.75) is 19.8 Å². The third-order valence-corrected chi connectivity index (χ3v) is 3.22. The maximum Gasteiger partial charge on any atom is 0.273 e. The van der Waals surface area contributed by atoms with Crippen molar-refractivity contribution >= 4 is 11.7 Å². The van der Waals surface area contributed by atoms with E-state index in [2.05, 4.69) is 22.2 Å². The highest BCUT2D eigenvalue weighted by atomic mass is 16.5. The average molecular weight is 300 g/mol. The molecule has 0 spiro atoms. The van der Waals surface area contributed by atoms with Crippen molar-refractivity contribution in [3.63, 3.8) is 0 Å². The largest absolute Gasteiger partial charge is 0.497 e. The molecule has 0 saturated heterocycles. The minimum Gasteiger partial charge on any atom is -0.497 e. The standard InChI is InChI=1S/C16H20N4O2/c1-3-4-9-18-16(21)14-15(17)19-10-13(20-14)11-5-7-12(22-2)8-6-11/h5-8,10H,3-4,9H2,1-2H3,(H2,17,19)(H,18,21). The predicted octanol–water partition coefficient (Wildman–Crippen LogP) is 2.26. The highest BCUT2D eigenvalue weighted by Gasteiger charge is 2.14. The summed E-state index contributed by atoms with van der Waals surface area (Å²) in [6.07, 6.45) is 3.48. The van der Waals surface area contributed by atoms with E-state index in [1.807, 2.05) is 24.3 Å². The SMILES string of the molecule is CCCCNC(=O)c1nc(-c2ccc(OC)cc2)cnc1N. The topological polar surface area (TPSA) is 90.1 Å². The molecular formula is C16H20N4O2. The fourth-order valence-electron chi connectivity index (χ4n) is 1.93. The van der Waals surface area contributed by atoms with Gasteiger partial charge in [0.15, 0.2) is 11.5 Å². The minimum absolute atomic E-state index is 0.131. The van der Waals surface area contributed by atoms with Crippen LogP contribution in [0.5, 0.6) is 5.75 Å². The maximum absolute atomic E-state index is 12.1. The number of anilines is 1. The molecule has 6 nitrogen and oxygen atoms in total. The second-order valence-electron chi connectivity index (χ2n) is 4.83. The molecule has 1 amide bonds. The molecule has 0 fully saturated rings. The molecule has 0 aliphatic heterocycles. The number of amides is 1. The van der Waals surface area contributed by atoms with Crippen molar-refractivity contribution in [3.05, 3.63) is 36.2 Å². The monoisotopic (exact) mass is 300 g/mol. The van der Waals surface area contributed by atoms with Gasteiger partial charge in [-0.1, -0.05) is 13.3 Å². The predicted molar refractivity (Wildman–Crippen MR) is 85.7 cm³/mol. The number of nitrogens with two attached hydrogens (primary N) is 1. The van der Waals surface area contributed by atoms with Crippen LogP contribution >= 0.6 is 0 Å². The Hall–Kier alpha value is -2.63. The molecule has 22 heavy (non-hydrogen) atoms. The normalized spacial score (nSPS) is 10.3. The summed E-state index contributed by atoms with van der Waals surface area (Å²) >= 11 is 0. The molecule has 0 saturated carbocycles. The third-order valence-electron chi connectivity index (χ3n) is 3.22. The fraction of sp³-hybridized carbons (Fsp3) is 0.312. The average Bonchev–Trinajstić information content (AvgIpc) is 2.55. The number of benzene rings is 1. The Kier molecular flexibility index (Phi) is 5.30. The Balaban J connectivity index is 2.23. The number of methoxy groups -OCH3 is 1. The van der Waals surface area contributed by atoms with E-state index >= 15 is 0 Å². The quantitative estimate of drug-likeness (QED) is 0.799. The van der Waals surface area contributed by atoms with Crippen molar-refractivity contribution in [2.24, 2.45) is 0 Å². The number of aromatic nitrogens is 2. The van der Waals surface area contributed by atoms with Gasteiger partial charge in [-0.3, -0.25) is 4.79 Å². The molecular weight excluding hydrogens is 280 g/mol. The van der Waals surface area contributed by atoms with Crippen LogP contribution in [0.4, 0.5) is 5.82 Å². The third kappa shape index (κ3) is 3.72. The zero-order valence-corrected chi connectivity index (χ0v) is 12.8. The van der Waals surface area contributed by atoms with Gasteiger partial charge in [-0.05, 0) is 30.7 Å². The zero-order valence-electron chi connectivity index (χ0n) is 12.8. The van der Waals surface area contributed by atoms with E-state index in [1.54, 1.807) is 13.3 Å². The second-order valence-corrected chi connectivity index (χ2v) is 4.83. The lowest BCUT2D eigenvalue weighted by Gasteiger charge is -2.08. The molecule has 0 aliphatic rings. The van der Waals surface area contributed by atoms with E-state index in [0.29, 0.717) is 12.2 Å². The molecule has 0 atom stereocenters. The number of carbonyl (C=O) groups is 1. The van der Waals surface area contributed by atoms with Crippen LogP contribution in [0, 0.1) is 0 Å². The second kappa shape index (κ2) is 7.40. The first-order valence-electron chi connectivity index (χ1n) is 7.20. The molecule has 1 aromatic carbocycles. The molecule has 3 N–H and O–H groups in total. The lowest BCUT2D eigenvalue weighted by atomic mass is 10.1. The molecule has 0 aliphatic carbocycles. The van der Waals surface area contributed by atoms with E-state index < -0.39 is 0 Å². The van der Waals surface area contributed by atoms with Gasteiger partial charge in [0.1, 0.15) is 5.75 Å². The molecule has 6 heteroatoms. The van der Waals surface area contributed by atoms with Gasteiger partial charge in [0, 0.05) is 12.1 Å². The van der Waals surface area contributed by atoms with Gasteiger partial charge in [-0.2, -0.15) is 0 Å². The Bertz CT molecular complexity index is 641. The van der Waals surface area contributed by atoms with E-state index in [4.69, 9.17) is 10.5 Å². The zero-order chi connectivity index (χ0) is 15.9. The first-order valence-corrected chi connectivity index (χ1v) is 7.20. The highest BCUT2D eigenvalue weighted by molar-refractivity contribution is 5.96. The lowest BCUT2D eigenvalue weighted by Crippen LogP contribution is -2.26. The number of unbranched alkanes of at least 4 members (excludes halogenated alkanes) is 1. The van der Waals surface area contributed by atoms with Crippen LogP contribution in [-0.2, 0) is 0 Å². The van der Waals surface area contributed by atoms with Crippen LogP contribution in [0.3, 0.4) is 0 Å². The molecule has 1 heterocycles. The van der Waals surface area contributed by atoms with Crippen LogP contribution in [0.2, 0.25) is 0 Å². The lowest BCUT2D eigenvalue weighted by molar-refractivity contribution is 0.0949. The number of hydrogen-bond donors (Lipinski definition) is 2. The van der Waals surface area contributed by atoms with Gasteiger partial charge < -0.3 is 15.8 Å². The van der Waals surface area contributed by atoms with Gasteiger partial charge in [-0.25, -0.2) is 9.97 Å². The van der Waals surface area contributed by atoms with Crippen LogP contribution in [0.25, 0.3) is 11.3 Å². The summed E-state index contributed by atoms with van der Waals surface area (Å²) in [6, 6.07) is 7.37. The summed E-state index contributed by atoms with van der Waals surface area (Å²) in [5.41, 5.74) is 7.36. The van der Waals surface area contributed by atoms with Gasteiger partial charge in [0.05, 0.1) is 19.0 Å². The highest BCUT2D eigenvalue weighted by Crippen LogP contribution is 2.21. The molecule has 0 unspecified atom stereocenters.